The maximum absolute atomic E-state index is 13.3. The van der Waals surface area contributed by atoms with Crippen molar-refractivity contribution in [1.82, 2.24) is 0 Å². The Kier molecular flexibility index (Phi) is 6.33. The molecule has 0 spiro atoms. The van der Waals surface area contributed by atoms with E-state index < -0.39 is 8.32 Å². The fourth-order valence-corrected chi connectivity index (χ4v) is 5.01. The lowest BCUT2D eigenvalue weighted by molar-refractivity contribution is -0.120. The second-order valence-electron chi connectivity index (χ2n) is 10.1. The molecule has 1 aromatic carbocycles. The first-order chi connectivity index (χ1) is 12.6. The molecular weight excluding hydrogens is 432 g/mol. The van der Waals surface area contributed by atoms with Crippen LogP contribution in [0.25, 0.3) is 0 Å². The Morgan fingerprint density at radius 1 is 1.14 bits per heavy atom. The van der Waals surface area contributed by atoms with Gasteiger partial charge in [-0.1, -0.05) is 47.6 Å². The van der Waals surface area contributed by atoms with Gasteiger partial charge in [0.1, 0.15) is 11.5 Å². The van der Waals surface area contributed by atoms with Gasteiger partial charge in [0.05, 0.1) is 17.5 Å². The van der Waals surface area contributed by atoms with Crippen molar-refractivity contribution in [3.63, 3.8) is 0 Å². The molecule has 0 N–H and O–H groups in total. The third-order valence-corrected chi connectivity index (χ3v) is 11.8. The van der Waals surface area contributed by atoms with E-state index in [9.17, 15) is 4.79 Å². The van der Waals surface area contributed by atoms with Crippen LogP contribution in [0.5, 0.6) is 11.5 Å². The Morgan fingerprint density at radius 2 is 1.71 bits per heavy atom. The predicted molar refractivity (Wildman–Crippen MR) is 123 cm³/mol. The minimum atomic E-state index is -2.08. The minimum absolute atomic E-state index is 0.0614. The van der Waals surface area contributed by atoms with Gasteiger partial charge in [-0.2, -0.15) is 0 Å². The van der Waals surface area contributed by atoms with E-state index in [1.54, 1.807) is 7.11 Å². The summed E-state index contributed by atoms with van der Waals surface area (Å²) in [4.78, 5) is 13.3. The van der Waals surface area contributed by atoms with Crippen LogP contribution in [-0.4, -0.2) is 21.2 Å². The highest BCUT2D eigenvalue weighted by Crippen LogP contribution is 2.52. The minimum Gasteiger partial charge on any atom is -0.543 e. The largest absolute Gasteiger partial charge is 0.543 e. The molecule has 1 aliphatic carbocycles. The topological polar surface area (TPSA) is 35.5 Å². The summed E-state index contributed by atoms with van der Waals surface area (Å²) in [6, 6.07) is 3.97. The second kappa shape index (κ2) is 7.64. The molecule has 1 aromatic rings. The second-order valence-corrected chi connectivity index (χ2v) is 15.7. The summed E-state index contributed by atoms with van der Waals surface area (Å²) in [5.74, 6) is 1.71. The van der Waals surface area contributed by atoms with E-state index in [2.05, 4.69) is 76.6 Å². The maximum atomic E-state index is 13.3. The highest BCUT2D eigenvalue weighted by atomic mass is 79.9. The van der Waals surface area contributed by atoms with E-state index in [4.69, 9.17) is 9.16 Å². The number of allylic oxidation sites excluding steroid dienone is 2. The number of ketones is 1. The molecule has 0 aliphatic heterocycles. The first-order valence-electron chi connectivity index (χ1n) is 9.92. The van der Waals surface area contributed by atoms with E-state index >= 15 is 0 Å². The zero-order valence-corrected chi connectivity index (χ0v) is 21.6. The van der Waals surface area contributed by atoms with Crippen LogP contribution in [0.1, 0.15) is 59.9 Å². The number of benzene rings is 1. The molecule has 2 rings (SSSR count). The summed E-state index contributed by atoms with van der Waals surface area (Å²) in [7, 11) is -0.428. The van der Waals surface area contributed by atoms with Crippen LogP contribution in [0.15, 0.2) is 28.3 Å². The lowest BCUT2D eigenvalue weighted by Gasteiger charge is -2.43. The van der Waals surface area contributed by atoms with Gasteiger partial charge in [-0.15, -0.1) is 0 Å². The molecule has 2 atom stereocenters. The number of Topliss-reactive ketones (excluding diaryl/α,β-unsaturated/α-hetero) is 1. The van der Waals surface area contributed by atoms with Crippen LogP contribution in [0.2, 0.25) is 18.1 Å². The van der Waals surface area contributed by atoms with Gasteiger partial charge < -0.3 is 9.16 Å². The van der Waals surface area contributed by atoms with E-state index in [1.807, 2.05) is 19.1 Å². The van der Waals surface area contributed by atoms with Crippen molar-refractivity contribution in [2.24, 2.45) is 11.3 Å². The number of rotatable bonds is 4. The molecule has 0 radical (unpaired) electrons. The van der Waals surface area contributed by atoms with Crippen molar-refractivity contribution < 1.29 is 14.0 Å². The van der Waals surface area contributed by atoms with Crippen molar-refractivity contribution >= 4 is 30.0 Å². The number of carbonyl (C=O) groups excluding carboxylic acids is 1. The van der Waals surface area contributed by atoms with Crippen molar-refractivity contribution in [1.29, 1.82) is 0 Å². The van der Waals surface area contributed by atoms with Crippen LogP contribution in [0.3, 0.4) is 0 Å². The van der Waals surface area contributed by atoms with Crippen molar-refractivity contribution in [3.8, 4) is 11.5 Å². The van der Waals surface area contributed by atoms with Crippen LogP contribution in [-0.2, 0) is 4.79 Å². The number of carbonyl (C=O) groups is 1. The van der Waals surface area contributed by atoms with Crippen molar-refractivity contribution in [3.05, 3.63) is 33.8 Å². The zero-order chi connectivity index (χ0) is 21.7. The summed E-state index contributed by atoms with van der Waals surface area (Å²) in [6.07, 6.45) is 2.10. The first kappa shape index (κ1) is 23.2. The summed E-state index contributed by atoms with van der Waals surface area (Å²) < 4.78 is 13.1. The fraction of sp³-hybridized carbons (Fsp3) is 0.609. The molecule has 156 valence electrons. The standard InChI is InChI=1S/C23H35BrO3Si/c1-14-11-15(2)23(6,7)20(21(14)25)16-12-19(26-8)17(24)13-18(16)27-28(9,10)22(3,4)5/h11-13,15,20H,1-10H3/t15-,20-/m0/s1. The monoisotopic (exact) mass is 466 g/mol. The highest BCUT2D eigenvalue weighted by Gasteiger charge is 2.46. The van der Waals surface area contributed by atoms with Gasteiger partial charge in [-0.3, -0.25) is 4.79 Å². The Labute approximate surface area is 180 Å². The number of halogens is 1. The third kappa shape index (κ3) is 4.11. The van der Waals surface area contributed by atoms with Gasteiger partial charge in [0.2, 0.25) is 8.32 Å². The molecule has 5 heteroatoms. The zero-order valence-electron chi connectivity index (χ0n) is 19.0. The molecule has 0 fully saturated rings. The van der Waals surface area contributed by atoms with Crippen molar-refractivity contribution in [2.45, 2.75) is 72.5 Å². The Hall–Kier alpha value is -1.07. The predicted octanol–water partition coefficient (Wildman–Crippen LogP) is 7.12. The van der Waals surface area contributed by atoms with Gasteiger partial charge in [-0.05, 0) is 70.0 Å². The van der Waals surface area contributed by atoms with E-state index in [0.29, 0.717) is 0 Å². The van der Waals surface area contributed by atoms with Gasteiger partial charge >= 0.3 is 0 Å². The smallest absolute Gasteiger partial charge is 0.250 e. The van der Waals surface area contributed by atoms with Gasteiger partial charge in [-0.25, -0.2) is 0 Å². The summed E-state index contributed by atoms with van der Waals surface area (Å²) in [6.45, 7) is 19.6. The average Bonchev–Trinajstić information content (AvgIpc) is 2.53. The normalized spacial score (nSPS) is 22.7. The molecule has 1 aliphatic rings. The van der Waals surface area contributed by atoms with Gasteiger partial charge in [0, 0.05) is 5.56 Å². The summed E-state index contributed by atoms with van der Waals surface area (Å²) >= 11 is 3.61. The first-order valence-corrected chi connectivity index (χ1v) is 13.6. The molecule has 0 heterocycles. The van der Waals surface area contributed by atoms with Crippen LogP contribution >= 0.6 is 15.9 Å². The fourth-order valence-electron chi connectivity index (χ4n) is 3.49. The van der Waals surface area contributed by atoms with Gasteiger partial charge in [0.15, 0.2) is 5.78 Å². The lowest BCUT2D eigenvalue weighted by Crippen LogP contribution is -2.45. The number of hydrogen-bond acceptors (Lipinski definition) is 3. The Bertz CT molecular complexity index is 803. The van der Waals surface area contributed by atoms with E-state index in [-0.39, 0.29) is 28.1 Å². The van der Waals surface area contributed by atoms with Crippen LogP contribution in [0.4, 0.5) is 0 Å². The quantitative estimate of drug-likeness (QED) is 0.443. The molecule has 0 aromatic heterocycles. The number of hydrogen-bond donors (Lipinski definition) is 0. The number of methoxy groups -OCH3 is 1. The maximum Gasteiger partial charge on any atom is 0.250 e. The molecule has 0 saturated heterocycles. The molecule has 28 heavy (non-hydrogen) atoms. The molecule has 3 nitrogen and oxygen atoms in total. The lowest BCUT2D eigenvalue weighted by atomic mass is 9.61. The third-order valence-electron chi connectivity index (χ3n) is 6.83. The molecular formula is C23H35BrO3Si. The van der Waals surface area contributed by atoms with E-state index in [1.165, 1.54) is 0 Å². The van der Waals surface area contributed by atoms with Crippen molar-refractivity contribution in [2.75, 3.05) is 7.11 Å². The SMILES string of the molecule is COc1cc([C@H]2C(=O)C(C)=C[C@H](C)C2(C)C)c(O[Si](C)(C)C(C)(C)C)cc1Br. The molecule has 0 bridgehead atoms. The van der Waals surface area contributed by atoms with E-state index in [0.717, 1.165) is 27.1 Å². The highest BCUT2D eigenvalue weighted by molar-refractivity contribution is 9.10. The molecule has 0 amide bonds. The summed E-state index contributed by atoms with van der Waals surface area (Å²) in [5, 5.41) is 0.0614. The Balaban J connectivity index is 2.72. The average molecular weight is 468 g/mol. The molecule has 0 unspecified atom stereocenters. The Morgan fingerprint density at radius 3 is 2.21 bits per heavy atom. The number of ether oxygens (including phenoxy) is 1. The van der Waals surface area contributed by atoms with Gasteiger partial charge in [0.25, 0.3) is 0 Å². The van der Waals surface area contributed by atoms with Crippen LogP contribution < -0.4 is 9.16 Å². The summed E-state index contributed by atoms with van der Waals surface area (Å²) in [5.41, 5.74) is 1.54. The molecule has 0 saturated carbocycles. The van der Waals surface area contributed by atoms with Crippen LogP contribution in [0, 0.1) is 11.3 Å².